The van der Waals surface area contributed by atoms with Crippen LogP contribution in [0.15, 0.2) is 0 Å². The summed E-state index contributed by atoms with van der Waals surface area (Å²) >= 11 is 0. The zero-order valence-electron chi connectivity index (χ0n) is 12.8. The summed E-state index contributed by atoms with van der Waals surface area (Å²) in [6.07, 6.45) is 4.28. The van der Waals surface area contributed by atoms with Crippen molar-refractivity contribution in [2.75, 3.05) is 26.3 Å². The number of halogens is 1. The number of carbonyl (C=O) groups excluding carboxylic acids is 2. The number of urea groups is 1. The van der Waals surface area contributed by atoms with E-state index in [2.05, 4.69) is 10.6 Å². The van der Waals surface area contributed by atoms with Gasteiger partial charge in [-0.15, -0.1) is 0 Å². The van der Waals surface area contributed by atoms with Gasteiger partial charge in [-0.1, -0.05) is 13.3 Å². The lowest BCUT2D eigenvalue weighted by molar-refractivity contribution is -0.134. The second-order valence-electron chi connectivity index (χ2n) is 6.03. The monoisotopic (exact) mass is 299 g/mol. The first-order chi connectivity index (χ1) is 10.2. The maximum atomic E-state index is 12.8. The number of hydrogen-bond acceptors (Lipinski definition) is 3. The van der Waals surface area contributed by atoms with Gasteiger partial charge in [-0.2, -0.15) is 0 Å². The van der Waals surface area contributed by atoms with E-state index in [-0.39, 0.29) is 17.9 Å². The highest BCUT2D eigenvalue weighted by molar-refractivity contribution is 6.07. The maximum Gasteiger partial charge on any atom is 0.325 e. The average molecular weight is 299 g/mol. The molecule has 2 saturated heterocycles. The van der Waals surface area contributed by atoms with Crippen molar-refractivity contribution < 1.29 is 14.0 Å². The molecule has 0 aromatic rings. The van der Waals surface area contributed by atoms with Gasteiger partial charge in [-0.25, -0.2) is 4.79 Å². The van der Waals surface area contributed by atoms with Gasteiger partial charge in [0.25, 0.3) is 5.91 Å². The smallest absolute Gasteiger partial charge is 0.323 e. The topological polar surface area (TPSA) is 61.4 Å². The molecule has 0 aromatic carbocycles. The zero-order valence-corrected chi connectivity index (χ0v) is 12.8. The van der Waals surface area contributed by atoms with Crippen LogP contribution in [-0.2, 0) is 4.79 Å². The first kappa shape index (κ1) is 16.2. The fourth-order valence-electron chi connectivity index (χ4n) is 3.57. The van der Waals surface area contributed by atoms with Gasteiger partial charge in [-0.3, -0.25) is 14.1 Å². The van der Waals surface area contributed by atoms with E-state index in [0.717, 1.165) is 32.4 Å². The summed E-state index contributed by atoms with van der Waals surface area (Å²) in [6.45, 7) is 3.74. The summed E-state index contributed by atoms with van der Waals surface area (Å²) < 4.78 is 12.2. The Morgan fingerprint density at radius 2 is 2.00 bits per heavy atom. The van der Waals surface area contributed by atoms with Crippen LogP contribution >= 0.6 is 0 Å². The van der Waals surface area contributed by atoms with Gasteiger partial charge in [0, 0.05) is 6.54 Å². The average Bonchev–Trinajstić information content (AvgIpc) is 2.74. The molecule has 2 rings (SSSR count). The number of piperidine rings is 1. The second-order valence-corrected chi connectivity index (χ2v) is 6.03. The highest BCUT2D eigenvalue weighted by atomic mass is 19.1. The molecule has 21 heavy (non-hydrogen) atoms. The molecule has 0 aromatic heterocycles. The fraction of sp³-hybridized carbons (Fsp3) is 0.867. The number of amides is 3. The molecular weight excluding hydrogens is 273 g/mol. The van der Waals surface area contributed by atoms with Crippen LogP contribution in [0, 0.1) is 5.92 Å². The third kappa shape index (κ3) is 3.20. The highest BCUT2D eigenvalue weighted by Gasteiger charge is 2.54. The van der Waals surface area contributed by atoms with Crippen LogP contribution in [0.5, 0.6) is 0 Å². The maximum absolute atomic E-state index is 12.8. The van der Waals surface area contributed by atoms with Crippen LogP contribution < -0.4 is 10.6 Å². The molecular formula is C15H26FN3O2. The molecule has 0 saturated carbocycles. The Balaban J connectivity index is 2.13. The summed E-state index contributed by atoms with van der Waals surface area (Å²) in [7, 11) is 0. The van der Waals surface area contributed by atoms with Gasteiger partial charge >= 0.3 is 6.03 Å². The molecule has 0 spiro atoms. The standard InChI is InChI=1S/C15H26FN3O2/c1-2-7-15(12-5-9-17-10-6-12)13(20)19(14(21)18-15)11-4-3-8-16/h12,17H,2-11H2,1H3,(H,18,21). The molecule has 0 aliphatic carbocycles. The van der Waals surface area contributed by atoms with Crippen molar-refractivity contribution in [1.82, 2.24) is 15.5 Å². The van der Waals surface area contributed by atoms with E-state index in [4.69, 9.17) is 0 Å². The lowest BCUT2D eigenvalue weighted by Gasteiger charge is -2.37. The Kier molecular flexibility index (Phi) is 5.56. The van der Waals surface area contributed by atoms with Gasteiger partial charge in [-0.05, 0) is 51.1 Å². The van der Waals surface area contributed by atoms with E-state index in [1.165, 1.54) is 4.90 Å². The van der Waals surface area contributed by atoms with Crippen molar-refractivity contribution in [3.8, 4) is 0 Å². The summed E-state index contributed by atoms with van der Waals surface area (Å²) in [6, 6.07) is -0.300. The molecule has 1 unspecified atom stereocenters. The molecule has 5 nitrogen and oxygen atoms in total. The summed E-state index contributed by atoms with van der Waals surface area (Å²) in [5.74, 6) is 0.0985. The minimum absolute atomic E-state index is 0.0971. The Morgan fingerprint density at radius 1 is 1.29 bits per heavy atom. The Morgan fingerprint density at radius 3 is 2.62 bits per heavy atom. The fourth-order valence-corrected chi connectivity index (χ4v) is 3.57. The summed E-state index contributed by atoms with van der Waals surface area (Å²) in [5, 5.41) is 6.28. The van der Waals surface area contributed by atoms with Crippen molar-refractivity contribution in [3.05, 3.63) is 0 Å². The largest absolute Gasteiger partial charge is 0.325 e. The van der Waals surface area contributed by atoms with Gasteiger partial charge < -0.3 is 10.6 Å². The van der Waals surface area contributed by atoms with E-state index in [1.54, 1.807) is 0 Å². The lowest BCUT2D eigenvalue weighted by atomic mass is 9.75. The SMILES string of the molecule is CCCC1(C2CCNCC2)NC(=O)N(CCCCF)C1=O. The number of carbonyl (C=O) groups is 2. The van der Waals surface area contributed by atoms with E-state index in [0.29, 0.717) is 25.8 Å². The van der Waals surface area contributed by atoms with Crippen molar-refractivity contribution in [2.24, 2.45) is 5.92 Å². The first-order valence-corrected chi connectivity index (χ1v) is 8.06. The number of hydrogen-bond donors (Lipinski definition) is 2. The lowest BCUT2D eigenvalue weighted by Crippen LogP contribution is -2.55. The predicted octanol–water partition coefficient (Wildman–Crippen LogP) is 1.83. The molecule has 2 aliphatic rings. The van der Waals surface area contributed by atoms with Gasteiger partial charge in [0.05, 0.1) is 6.67 Å². The highest BCUT2D eigenvalue weighted by Crippen LogP contribution is 2.35. The Bertz CT molecular complexity index is 385. The van der Waals surface area contributed by atoms with Crippen molar-refractivity contribution in [1.29, 1.82) is 0 Å². The Hall–Kier alpha value is -1.17. The van der Waals surface area contributed by atoms with Crippen LogP contribution in [-0.4, -0.2) is 48.7 Å². The van der Waals surface area contributed by atoms with Gasteiger partial charge in [0.2, 0.25) is 0 Å². The zero-order chi connectivity index (χ0) is 15.3. The molecule has 0 bridgehead atoms. The number of rotatable bonds is 7. The number of alkyl halides is 1. The third-order valence-corrected chi connectivity index (χ3v) is 4.65. The van der Waals surface area contributed by atoms with E-state index in [9.17, 15) is 14.0 Å². The van der Waals surface area contributed by atoms with Gasteiger partial charge in [0.15, 0.2) is 0 Å². The molecule has 3 amide bonds. The predicted molar refractivity (Wildman–Crippen MR) is 78.7 cm³/mol. The molecule has 1 atom stereocenters. The molecule has 2 fully saturated rings. The molecule has 2 aliphatic heterocycles. The van der Waals surface area contributed by atoms with Crippen LogP contribution in [0.2, 0.25) is 0 Å². The van der Waals surface area contributed by atoms with Crippen molar-refractivity contribution >= 4 is 11.9 Å². The van der Waals surface area contributed by atoms with E-state index >= 15 is 0 Å². The number of nitrogens with one attached hydrogen (secondary N) is 2. The summed E-state index contributed by atoms with van der Waals surface area (Å²) in [5.41, 5.74) is -0.732. The van der Waals surface area contributed by atoms with Crippen LogP contribution in [0.4, 0.5) is 9.18 Å². The molecule has 6 heteroatoms. The molecule has 120 valence electrons. The molecule has 0 radical (unpaired) electrons. The number of imide groups is 1. The van der Waals surface area contributed by atoms with Crippen LogP contribution in [0.3, 0.4) is 0 Å². The van der Waals surface area contributed by atoms with Crippen molar-refractivity contribution in [3.63, 3.8) is 0 Å². The van der Waals surface area contributed by atoms with Crippen molar-refractivity contribution in [2.45, 2.75) is 51.0 Å². The summed E-state index contributed by atoms with van der Waals surface area (Å²) in [4.78, 5) is 26.3. The number of unbranched alkanes of at least 4 members (excludes halogenated alkanes) is 1. The number of nitrogens with zero attached hydrogens (tertiary/aromatic N) is 1. The third-order valence-electron chi connectivity index (χ3n) is 4.65. The minimum Gasteiger partial charge on any atom is -0.323 e. The molecule has 2 N–H and O–H groups in total. The van der Waals surface area contributed by atoms with E-state index in [1.807, 2.05) is 6.92 Å². The Labute approximate surface area is 125 Å². The van der Waals surface area contributed by atoms with E-state index < -0.39 is 12.2 Å². The molecule has 2 heterocycles. The minimum atomic E-state index is -0.732. The first-order valence-electron chi connectivity index (χ1n) is 8.06. The second kappa shape index (κ2) is 7.20. The van der Waals surface area contributed by atoms with Crippen LogP contribution in [0.1, 0.15) is 45.4 Å². The van der Waals surface area contributed by atoms with Gasteiger partial charge in [0.1, 0.15) is 5.54 Å². The van der Waals surface area contributed by atoms with Crippen LogP contribution in [0.25, 0.3) is 0 Å². The quantitative estimate of drug-likeness (QED) is 0.557. The normalized spacial score (nSPS) is 27.2.